The number of ether oxygens (including phenoxy) is 2. The number of aliphatic imine (C=N–C) groups is 1. The van der Waals surface area contributed by atoms with Crippen LogP contribution in [0.4, 0.5) is 0 Å². The Kier molecular flexibility index (Phi) is 13.8. The van der Waals surface area contributed by atoms with Crippen LogP contribution in [0.3, 0.4) is 0 Å². The Labute approximate surface area is 215 Å². The summed E-state index contributed by atoms with van der Waals surface area (Å²) in [5.74, 6) is 2.62. The van der Waals surface area contributed by atoms with Crippen molar-refractivity contribution < 1.29 is 14.6 Å². The van der Waals surface area contributed by atoms with E-state index in [9.17, 15) is 5.11 Å². The second-order valence-corrected chi connectivity index (χ2v) is 7.72. The van der Waals surface area contributed by atoms with E-state index in [1.807, 2.05) is 50.2 Å². The van der Waals surface area contributed by atoms with Gasteiger partial charge < -0.3 is 25.2 Å². The first-order chi connectivity index (χ1) is 15.6. The summed E-state index contributed by atoms with van der Waals surface area (Å²) >= 11 is 0. The number of nitrogens with zero attached hydrogens (tertiary/aromatic N) is 2. The molecule has 1 heterocycles. The average molecular weight is 571 g/mol. The zero-order valence-electron chi connectivity index (χ0n) is 20.3. The van der Waals surface area contributed by atoms with Crippen LogP contribution in [-0.2, 0) is 6.54 Å². The van der Waals surface area contributed by atoms with Gasteiger partial charge in [-0.15, -0.1) is 24.0 Å². The molecule has 0 saturated heterocycles. The molecule has 0 saturated carbocycles. The molecule has 184 valence electrons. The molecule has 0 fully saturated rings. The number of halogens is 1. The molecule has 0 aliphatic rings. The number of aliphatic hydroxyl groups is 1. The zero-order valence-corrected chi connectivity index (χ0v) is 22.6. The number of nitrogens with one attached hydrogen (secondary N) is 2. The molecule has 0 aliphatic heterocycles. The van der Waals surface area contributed by atoms with Gasteiger partial charge in [0.05, 0.1) is 13.2 Å². The summed E-state index contributed by atoms with van der Waals surface area (Å²) in [4.78, 5) is 9.12. The molecule has 0 amide bonds. The van der Waals surface area contributed by atoms with Gasteiger partial charge in [0.25, 0.3) is 0 Å². The van der Waals surface area contributed by atoms with Gasteiger partial charge >= 0.3 is 0 Å². The molecule has 2 rings (SSSR count). The van der Waals surface area contributed by atoms with Crippen molar-refractivity contribution in [2.24, 2.45) is 10.4 Å². The fourth-order valence-electron chi connectivity index (χ4n) is 3.45. The largest absolute Gasteiger partial charge is 0.490 e. The molecule has 0 atom stereocenters. The average Bonchev–Trinajstić information content (AvgIpc) is 2.82. The molecule has 0 radical (unpaired) electrons. The summed E-state index contributed by atoms with van der Waals surface area (Å²) in [7, 11) is 0. The summed E-state index contributed by atoms with van der Waals surface area (Å²) in [6.45, 7) is 11.2. The Bertz CT molecular complexity index is 827. The first kappa shape index (κ1) is 29.0. The Balaban J connectivity index is 0.00000544. The molecule has 2 aromatic rings. The van der Waals surface area contributed by atoms with Crippen molar-refractivity contribution in [3.63, 3.8) is 0 Å². The molecule has 0 aliphatic carbocycles. The number of guanidine groups is 1. The summed E-state index contributed by atoms with van der Waals surface area (Å²) in [5.41, 5.74) is 1.06. The van der Waals surface area contributed by atoms with E-state index in [-0.39, 0.29) is 36.0 Å². The maximum atomic E-state index is 9.44. The standard InChI is InChI=1S/C25H38N4O3.HI/c1-5-25(6-2,15-16-30)19-29-24(26-7-3)28-18-20-13-14-23(27-17-20)32-22-12-10-9-11-21(22)31-8-4;/h9-14,17,30H,5-8,15-16,18-19H2,1-4H3,(H2,26,28,29);1H. The second-order valence-electron chi connectivity index (χ2n) is 7.72. The van der Waals surface area contributed by atoms with Crippen LogP contribution in [0.2, 0.25) is 0 Å². The summed E-state index contributed by atoms with van der Waals surface area (Å²) in [6, 6.07) is 11.4. The van der Waals surface area contributed by atoms with Crippen molar-refractivity contribution in [3.8, 4) is 17.4 Å². The van der Waals surface area contributed by atoms with E-state index in [0.29, 0.717) is 30.5 Å². The van der Waals surface area contributed by atoms with Crippen LogP contribution in [0.15, 0.2) is 47.6 Å². The van der Waals surface area contributed by atoms with Crippen molar-refractivity contribution >= 4 is 29.9 Å². The first-order valence-corrected chi connectivity index (χ1v) is 11.6. The van der Waals surface area contributed by atoms with E-state index in [1.165, 1.54) is 0 Å². The lowest BCUT2D eigenvalue weighted by molar-refractivity contribution is 0.169. The maximum Gasteiger partial charge on any atom is 0.219 e. The summed E-state index contributed by atoms with van der Waals surface area (Å²) in [6.07, 6.45) is 4.58. The SMILES string of the molecule is CCNC(=NCc1ccc(Oc2ccccc2OCC)nc1)NCC(CC)(CC)CCO.I. The lowest BCUT2D eigenvalue weighted by Gasteiger charge is -2.32. The van der Waals surface area contributed by atoms with Crippen LogP contribution in [0.25, 0.3) is 0 Å². The Morgan fingerprint density at radius 2 is 1.76 bits per heavy atom. The first-order valence-electron chi connectivity index (χ1n) is 11.6. The van der Waals surface area contributed by atoms with Crippen molar-refractivity contribution in [2.45, 2.75) is 53.5 Å². The molecule has 0 spiro atoms. The van der Waals surface area contributed by atoms with E-state index in [4.69, 9.17) is 14.5 Å². The molecule has 3 N–H and O–H groups in total. The summed E-state index contributed by atoms with van der Waals surface area (Å²) < 4.78 is 11.5. The third-order valence-electron chi connectivity index (χ3n) is 5.70. The number of benzene rings is 1. The maximum absolute atomic E-state index is 9.44. The monoisotopic (exact) mass is 570 g/mol. The topological polar surface area (TPSA) is 88.0 Å². The quantitative estimate of drug-likeness (QED) is 0.176. The van der Waals surface area contributed by atoms with Gasteiger partial charge in [0.2, 0.25) is 5.88 Å². The molecule has 0 bridgehead atoms. The van der Waals surface area contributed by atoms with E-state index in [1.54, 1.807) is 6.20 Å². The van der Waals surface area contributed by atoms with Gasteiger partial charge in [-0.1, -0.05) is 32.0 Å². The van der Waals surface area contributed by atoms with Gasteiger partial charge in [0.15, 0.2) is 17.5 Å². The number of aliphatic hydroxyl groups excluding tert-OH is 1. The minimum Gasteiger partial charge on any atom is -0.490 e. The zero-order chi connectivity index (χ0) is 23.2. The van der Waals surface area contributed by atoms with E-state index < -0.39 is 0 Å². The fraction of sp³-hybridized carbons (Fsp3) is 0.520. The summed E-state index contributed by atoms with van der Waals surface area (Å²) in [5, 5.41) is 16.2. The Hall–Kier alpha value is -2.07. The highest BCUT2D eigenvalue weighted by Gasteiger charge is 2.25. The third-order valence-corrected chi connectivity index (χ3v) is 5.70. The van der Waals surface area contributed by atoms with Gasteiger partial charge in [-0.05, 0) is 56.2 Å². The molecular formula is C25H39IN4O3. The number of hydrogen-bond donors (Lipinski definition) is 3. The van der Waals surface area contributed by atoms with Crippen molar-refractivity contribution in [1.82, 2.24) is 15.6 Å². The number of hydrogen-bond acceptors (Lipinski definition) is 5. The number of aromatic nitrogens is 1. The molecule has 1 aromatic carbocycles. The van der Waals surface area contributed by atoms with Gasteiger partial charge in [0.1, 0.15) is 0 Å². The van der Waals surface area contributed by atoms with Gasteiger partial charge in [-0.25, -0.2) is 9.98 Å². The lowest BCUT2D eigenvalue weighted by Crippen LogP contribution is -2.43. The van der Waals surface area contributed by atoms with E-state index in [2.05, 4.69) is 29.5 Å². The third kappa shape index (κ3) is 9.37. The predicted octanol–water partition coefficient (Wildman–Crippen LogP) is 5.13. The van der Waals surface area contributed by atoms with Crippen LogP contribution in [0.1, 0.15) is 52.5 Å². The van der Waals surface area contributed by atoms with Crippen molar-refractivity contribution in [2.75, 3.05) is 26.3 Å². The number of pyridine rings is 1. The molecule has 7 nitrogen and oxygen atoms in total. The smallest absolute Gasteiger partial charge is 0.219 e. The number of rotatable bonds is 13. The Morgan fingerprint density at radius 1 is 1.03 bits per heavy atom. The van der Waals surface area contributed by atoms with E-state index in [0.717, 1.165) is 43.9 Å². The van der Waals surface area contributed by atoms with Crippen LogP contribution in [-0.4, -0.2) is 42.4 Å². The van der Waals surface area contributed by atoms with Crippen LogP contribution >= 0.6 is 24.0 Å². The number of para-hydroxylation sites is 2. The molecule has 8 heteroatoms. The minimum atomic E-state index is 0. The van der Waals surface area contributed by atoms with Crippen LogP contribution in [0, 0.1) is 5.41 Å². The normalized spacial score (nSPS) is 11.5. The highest BCUT2D eigenvalue weighted by Crippen LogP contribution is 2.30. The second kappa shape index (κ2) is 15.7. The van der Waals surface area contributed by atoms with Crippen molar-refractivity contribution in [1.29, 1.82) is 0 Å². The molecule has 1 aromatic heterocycles. The highest BCUT2D eigenvalue weighted by atomic mass is 127. The fourth-order valence-corrected chi connectivity index (χ4v) is 3.45. The van der Waals surface area contributed by atoms with Crippen LogP contribution < -0.4 is 20.1 Å². The van der Waals surface area contributed by atoms with Crippen LogP contribution in [0.5, 0.6) is 17.4 Å². The van der Waals surface area contributed by atoms with Gasteiger partial charge in [-0.3, -0.25) is 0 Å². The van der Waals surface area contributed by atoms with Gasteiger partial charge in [0, 0.05) is 32.0 Å². The molecule has 33 heavy (non-hydrogen) atoms. The predicted molar refractivity (Wildman–Crippen MR) is 145 cm³/mol. The minimum absolute atomic E-state index is 0. The lowest BCUT2D eigenvalue weighted by atomic mass is 9.79. The Morgan fingerprint density at radius 3 is 2.33 bits per heavy atom. The highest BCUT2D eigenvalue weighted by molar-refractivity contribution is 14.0. The van der Waals surface area contributed by atoms with Gasteiger partial charge in [-0.2, -0.15) is 0 Å². The van der Waals surface area contributed by atoms with Crippen molar-refractivity contribution in [3.05, 3.63) is 48.2 Å². The van der Waals surface area contributed by atoms with E-state index >= 15 is 0 Å². The molecular weight excluding hydrogens is 531 g/mol. The molecule has 0 unspecified atom stereocenters.